The van der Waals surface area contributed by atoms with Crippen LogP contribution in [0.2, 0.25) is 0 Å². The third kappa shape index (κ3) is 3.40. The molecule has 6 nitrogen and oxygen atoms in total. The molecule has 1 N–H and O–H groups in total. The molecular weight excluding hydrogens is 312 g/mol. The van der Waals surface area contributed by atoms with E-state index in [-0.39, 0.29) is 5.78 Å². The van der Waals surface area contributed by atoms with Crippen LogP contribution in [0.15, 0.2) is 30.5 Å². The van der Waals surface area contributed by atoms with Gasteiger partial charge in [-0.15, -0.1) is 16.4 Å². The number of fused-ring (bicyclic) bond motifs is 1. The molecule has 0 atom stereocenters. The number of carbonyl (C=O) groups is 1. The zero-order chi connectivity index (χ0) is 16.2. The Morgan fingerprint density at radius 3 is 2.96 bits per heavy atom. The maximum Gasteiger partial charge on any atom is 0.169 e. The van der Waals surface area contributed by atoms with Gasteiger partial charge >= 0.3 is 0 Å². The molecule has 120 valence electrons. The Labute approximate surface area is 138 Å². The van der Waals surface area contributed by atoms with Gasteiger partial charge in [-0.25, -0.2) is 9.50 Å². The number of thiophene rings is 1. The molecule has 3 aromatic rings. The van der Waals surface area contributed by atoms with Crippen LogP contribution in [0, 0.1) is 0 Å². The lowest BCUT2D eigenvalue weighted by Crippen LogP contribution is -2.07. The zero-order valence-electron chi connectivity index (χ0n) is 13.1. The Hall–Kier alpha value is -2.25. The second kappa shape index (κ2) is 6.89. The summed E-state index contributed by atoms with van der Waals surface area (Å²) in [5, 5.41) is 7.86. The topological polar surface area (TPSA) is 68.5 Å². The van der Waals surface area contributed by atoms with Gasteiger partial charge in [-0.1, -0.05) is 0 Å². The van der Waals surface area contributed by atoms with Gasteiger partial charge in [-0.05, 0) is 37.6 Å². The minimum atomic E-state index is 0.0727. The molecule has 0 unspecified atom stereocenters. The number of nitrogens with one attached hydrogen (secondary N) is 1. The quantitative estimate of drug-likeness (QED) is 0.532. The Kier molecular flexibility index (Phi) is 4.68. The molecule has 0 bridgehead atoms. The number of ether oxygens (including phenoxy) is 1. The average molecular weight is 330 g/mol. The maximum atomic E-state index is 11.5. The molecule has 0 radical (unpaired) electrons. The Bertz CT molecular complexity index is 824. The molecule has 7 heteroatoms. The van der Waals surface area contributed by atoms with Crippen molar-refractivity contribution >= 4 is 28.6 Å². The number of imidazole rings is 1. The van der Waals surface area contributed by atoms with Gasteiger partial charge in [0.1, 0.15) is 11.5 Å². The first-order chi connectivity index (χ1) is 11.2. The molecule has 3 aromatic heterocycles. The Morgan fingerprint density at radius 1 is 1.35 bits per heavy atom. The van der Waals surface area contributed by atoms with Crippen LogP contribution < -0.4 is 5.32 Å². The van der Waals surface area contributed by atoms with Crippen LogP contribution in [-0.4, -0.2) is 40.6 Å². The number of hydrogen-bond acceptors (Lipinski definition) is 6. The van der Waals surface area contributed by atoms with Crippen molar-refractivity contribution in [1.82, 2.24) is 14.6 Å². The molecular formula is C16H18N4O2S. The van der Waals surface area contributed by atoms with Crippen LogP contribution in [0.3, 0.4) is 0 Å². The molecule has 3 heterocycles. The number of anilines is 1. The number of hydrogen-bond donors (Lipinski definition) is 1. The summed E-state index contributed by atoms with van der Waals surface area (Å²) >= 11 is 1.46. The Balaban J connectivity index is 1.87. The van der Waals surface area contributed by atoms with Crippen molar-refractivity contribution in [2.45, 2.75) is 13.3 Å². The fourth-order valence-electron chi connectivity index (χ4n) is 2.23. The first-order valence-electron chi connectivity index (χ1n) is 7.38. The van der Waals surface area contributed by atoms with Crippen LogP contribution in [0.25, 0.3) is 16.2 Å². The number of carbonyl (C=O) groups excluding carboxylic acids is 1. The van der Waals surface area contributed by atoms with Gasteiger partial charge in [0.2, 0.25) is 0 Å². The molecule has 0 amide bonds. The van der Waals surface area contributed by atoms with Crippen LogP contribution in [-0.2, 0) is 4.74 Å². The van der Waals surface area contributed by atoms with Crippen molar-refractivity contribution in [2.75, 3.05) is 25.6 Å². The lowest BCUT2D eigenvalue weighted by atomic mass is 10.3. The van der Waals surface area contributed by atoms with E-state index in [4.69, 9.17) is 4.74 Å². The van der Waals surface area contributed by atoms with E-state index in [1.54, 1.807) is 24.7 Å². The number of Topliss-reactive ketones (excluding diaryl/α,β-unsaturated/α-hetero) is 1. The number of rotatable bonds is 7. The van der Waals surface area contributed by atoms with E-state index in [1.807, 2.05) is 24.3 Å². The van der Waals surface area contributed by atoms with E-state index in [9.17, 15) is 4.79 Å². The highest BCUT2D eigenvalue weighted by atomic mass is 32.1. The van der Waals surface area contributed by atoms with Gasteiger partial charge in [0.25, 0.3) is 0 Å². The summed E-state index contributed by atoms with van der Waals surface area (Å²) in [4.78, 5) is 17.6. The van der Waals surface area contributed by atoms with E-state index < -0.39 is 0 Å². The van der Waals surface area contributed by atoms with E-state index in [1.165, 1.54) is 11.3 Å². The summed E-state index contributed by atoms with van der Waals surface area (Å²) in [6, 6.07) is 7.61. The van der Waals surface area contributed by atoms with Crippen LogP contribution >= 0.6 is 11.3 Å². The van der Waals surface area contributed by atoms with Crippen LogP contribution in [0.5, 0.6) is 0 Å². The highest BCUT2D eigenvalue weighted by Crippen LogP contribution is 2.28. The second-order valence-corrected chi connectivity index (χ2v) is 6.21. The van der Waals surface area contributed by atoms with E-state index in [0.717, 1.165) is 39.9 Å². The SMILES string of the molecule is COCCCNc1ccc2ncc(-c3ccc(C(C)=O)s3)n2n1. The molecule has 3 rings (SSSR count). The Morgan fingerprint density at radius 2 is 2.22 bits per heavy atom. The van der Waals surface area contributed by atoms with Crippen LogP contribution in [0.1, 0.15) is 23.0 Å². The van der Waals surface area contributed by atoms with E-state index in [2.05, 4.69) is 15.4 Å². The minimum Gasteiger partial charge on any atom is -0.385 e. The van der Waals surface area contributed by atoms with Crippen molar-refractivity contribution in [3.63, 3.8) is 0 Å². The van der Waals surface area contributed by atoms with Gasteiger partial charge in [-0.3, -0.25) is 4.79 Å². The molecule has 0 aliphatic rings. The standard InChI is InChI=1S/C16H18N4O2S/c1-11(21)13-4-5-14(23-13)12-10-18-16-7-6-15(19-20(12)16)17-8-3-9-22-2/h4-7,10H,3,8-9H2,1-2H3,(H,17,19). The molecule has 0 aromatic carbocycles. The molecule has 0 saturated heterocycles. The predicted octanol–water partition coefficient (Wildman–Crippen LogP) is 3.11. The predicted molar refractivity (Wildman–Crippen MR) is 91.3 cm³/mol. The normalized spacial score (nSPS) is 11.0. The lowest BCUT2D eigenvalue weighted by molar-refractivity contribution is 0.102. The van der Waals surface area contributed by atoms with Crippen LogP contribution in [0.4, 0.5) is 5.82 Å². The first-order valence-corrected chi connectivity index (χ1v) is 8.19. The van der Waals surface area contributed by atoms with Gasteiger partial charge in [0, 0.05) is 20.3 Å². The number of nitrogens with zero attached hydrogens (tertiary/aromatic N) is 3. The molecule has 0 saturated carbocycles. The minimum absolute atomic E-state index is 0.0727. The lowest BCUT2D eigenvalue weighted by Gasteiger charge is -2.06. The van der Waals surface area contributed by atoms with Gasteiger partial charge in [0.05, 0.1) is 16.0 Å². The van der Waals surface area contributed by atoms with Crippen molar-refractivity contribution < 1.29 is 9.53 Å². The first kappa shape index (κ1) is 15.6. The smallest absolute Gasteiger partial charge is 0.169 e. The zero-order valence-corrected chi connectivity index (χ0v) is 13.9. The van der Waals surface area contributed by atoms with Crippen molar-refractivity contribution in [1.29, 1.82) is 0 Å². The maximum absolute atomic E-state index is 11.5. The molecule has 0 fully saturated rings. The second-order valence-electron chi connectivity index (χ2n) is 5.13. The van der Waals surface area contributed by atoms with Gasteiger partial charge < -0.3 is 10.1 Å². The third-order valence-corrected chi connectivity index (χ3v) is 4.61. The summed E-state index contributed by atoms with van der Waals surface area (Å²) in [6.45, 7) is 3.09. The summed E-state index contributed by atoms with van der Waals surface area (Å²) in [7, 11) is 1.69. The van der Waals surface area contributed by atoms with Gasteiger partial charge in [-0.2, -0.15) is 0 Å². The largest absolute Gasteiger partial charge is 0.385 e. The molecule has 0 aliphatic carbocycles. The number of methoxy groups -OCH3 is 1. The molecule has 23 heavy (non-hydrogen) atoms. The third-order valence-electron chi connectivity index (χ3n) is 3.40. The fraction of sp³-hybridized carbons (Fsp3) is 0.312. The van der Waals surface area contributed by atoms with Gasteiger partial charge in [0.15, 0.2) is 11.4 Å². The van der Waals surface area contributed by atoms with Crippen molar-refractivity contribution in [3.05, 3.63) is 35.3 Å². The monoisotopic (exact) mass is 330 g/mol. The highest BCUT2D eigenvalue weighted by molar-refractivity contribution is 7.17. The fourth-order valence-corrected chi connectivity index (χ4v) is 3.13. The summed E-state index contributed by atoms with van der Waals surface area (Å²) in [5.74, 6) is 0.861. The van der Waals surface area contributed by atoms with Crippen molar-refractivity contribution in [2.24, 2.45) is 0 Å². The highest BCUT2D eigenvalue weighted by Gasteiger charge is 2.12. The number of aromatic nitrogens is 3. The number of ketones is 1. The molecule has 0 spiro atoms. The molecule has 0 aliphatic heterocycles. The van der Waals surface area contributed by atoms with E-state index >= 15 is 0 Å². The van der Waals surface area contributed by atoms with Crippen molar-refractivity contribution in [3.8, 4) is 10.6 Å². The summed E-state index contributed by atoms with van der Waals surface area (Å²) < 4.78 is 6.83. The summed E-state index contributed by atoms with van der Waals surface area (Å²) in [6.07, 6.45) is 2.70. The average Bonchev–Trinajstić information content (AvgIpc) is 3.17. The summed E-state index contributed by atoms with van der Waals surface area (Å²) in [5.41, 5.74) is 1.67. The van der Waals surface area contributed by atoms with E-state index in [0.29, 0.717) is 6.61 Å².